The zero-order valence-electron chi connectivity index (χ0n) is 7.64. The summed E-state index contributed by atoms with van der Waals surface area (Å²) in [5, 5.41) is 0.430. The maximum absolute atomic E-state index is 6.15. The molecule has 0 N–H and O–H groups in total. The number of hydrogen-bond donors (Lipinski definition) is 0. The van der Waals surface area contributed by atoms with Gasteiger partial charge in [-0.2, -0.15) is 0 Å². The number of hydrogen-bond acceptors (Lipinski definition) is 1. The molecule has 70 valence electrons. The van der Waals surface area contributed by atoms with Crippen molar-refractivity contribution >= 4 is 11.6 Å². The normalized spacial score (nSPS) is 34.2. The molecular formula is C10H18ClN. The van der Waals surface area contributed by atoms with E-state index in [0.717, 1.165) is 12.6 Å². The zero-order valence-corrected chi connectivity index (χ0v) is 8.39. The molecule has 1 atom stereocenters. The average Bonchev–Trinajstić information content (AvgIpc) is 2.56. The second-order valence-corrected chi connectivity index (χ2v) is 4.79. The molecule has 0 amide bonds. The van der Waals surface area contributed by atoms with Crippen LogP contribution in [0.3, 0.4) is 0 Å². The minimum absolute atomic E-state index is 0.430. The number of nitrogens with zero attached hydrogens (tertiary/aromatic N) is 1. The van der Waals surface area contributed by atoms with Gasteiger partial charge in [-0.05, 0) is 32.2 Å². The summed E-state index contributed by atoms with van der Waals surface area (Å²) in [6, 6.07) is 0.881. The molecule has 1 unspecified atom stereocenters. The molecule has 1 saturated heterocycles. The monoisotopic (exact) mass is 187 g/mol. The van der Waals surface area contributed by atoms with E-state index in [9.17, 15) is 0 Å². The van der Waals surface area contributed by atoms with Crippen molar-refractivity contribution in [3.63, 3.8) is 0 Å². The van der Waals surface area contributed by atoms with Gasteiger partial charge in [-0.3, -0.25) is 4.90 Å². The summed E-state index contributed by atoms with van der Waals surface area (Å²) in [7, 11) is 0. The van der Waals surface area contributed by atoms with Crippen LogP contribution in [0.25, 0.3) is 0 Å². The van der Waals surface area contributed by atoms with Crippen LogP contribution in [0.5, 0.6) is 0 Å². The van der Waals surface area contributed by atoms with Gasteiger partial charge in [0.15, 0.2) is 0 Å². The minimum Gasteiger partial charge on any atom is -0.299 e. The first kappa shape index (κ1) is 8.83. The Morgan fingerprint density at radius 1 is 1.00 bits per heavy atom. The van der Waals surface area contributed by atoms with Gasteiger partial charge in [0.2, 0.25) is 0 Å². The predicted octanol–water partition coefficient (Wildman–Crippen LogP) is 2.63. The second-order valence-electron chi connectivity index (χ2n) is 4.17. The van der Waals surface area contributed by atoms with Crippen LogP contribution in [-0.2, 0) is 0 Å². The van der Waals surface area contributed by atoms with Crippen molar-refractivity contribution in [3.8, 4) is 0 Å². The number of halogens is 1. The summed E-state index contributed by atoms with van der Waals surface area (Å²) in [5.41, 5.74) is 0. The van der Waals surface area contributed by atoms with E-state index in [2.05, 4.69) is 4.90 Å². The van der Waals surface area contributed by atoms with E-state index in [0.29, 0.717) is 5.38 Å². The number of piperidine rings is 1. The van der Waals surface area contributed by atoms with Gasteiger partial charge in [-0.25, -0.2) is 0 Å². The van der Waals surface area contributed by atoms with Gasteiger partial charge in [0.1, 0.15) is 0 Å². The number of likely N-dealkylation sites (tertiary alicyclic amines) is 1. The van der Waals surface area contributed by atoms with Gasteiger partial charge in [0, 0.05) is 18.0 Å². The highest BCUT2D eigenvalue weighted by Crippen LogP contribution is 2.27. The molecule has 0 aromatic heterocycles. The van der Waals surface area contributed by atoms with Crippen LogP contribution in [0.1, 0.15) is 38.5 Å². The van der Waals surface area contributed by atoms with Crippen LogP contribution in [0.4, 0.5) is 0 Å². The Kier molecular flexibility index (Phi) is 2.92. The Balaban J connectivity index is 1.85. The first-order chi connectivity index (χ1) is 5.86. The van der Waals surface area contributed by atoms with E-state index < -0.39 is 0 Å². The van der Waals surface area contributed by atoms with Crippen molar-refractivity contribution in [1.82, 2.24) is 4.90 Å². The summed E-state index contributed by atoms with van der Waals surface area (Å²) < 4.78 is 0. The Labute approximate surface area is 80.1 Å². The van der Waals surface area contributed by atoms with Crippen molar-refractivity contribution in [3.05, 3.63) is 0 Å². The first-order valence-electron chi connectivity index (χ1n) is 5.24. The van der Waals surface area contributed by atoms with Gasteiger partial charge in [0.25, 0.3) is 0 Å². The molecule has 0 bridgehead atoms. The first-order valence-corrected chi connectivity index (χ1v) is 5.68. The average molecular weight is 188 g/mol. The van der Waals surface area contributed by atoms with Crippen LogP contribution >= 0.6 is 11.6 Å². The van der Waals surface area contributed by atoms with E-state index in [1.807, 2.05) is 0 Å². The molecule has 12 heavy (non-hydrogen) atoms. The van der Waals surface area contributed by atoms with E-state index in [1.165, 1.54) is 45.1 Å². The number of alkyl halides is 1. The lowest BCUT2D eigenvalue weighted by atomic mass is 10.1. The Morgan fingerprint density at radius 3 is 2.42 bits per heavy atom. The van der Waals surface area contributed by atoms with Crippen molar-refractivity contribution in [2.75, 3.05) is 13.1 Å². The van der Waals surface area contributed by atoms with Crippen LogP contribution in [0, 0.1) is 0 Å². The Morgan fingerprint density at radius 2 is 1.75 bits per heavy atom. The van der Waals surface area contributed by atoms with E-state index in [-0.39, 0.29) is 0 Å². The lowest BCUT2D eigenvalue weighted by molar-refractivity contribution is 0.168. The molecule has 2 rings (SSSR count). The molecule has 1 saturated carbocycles. The summed E-state index contributed by atoms with van der Waals surface area (Å²) in [6.07, 6.45) is 8.25. The SMILES string of the molecule is ClC1CCCN(C2CCCC2)C1. The maximum Gasteiger partial charge on any atom is 0.0463 e. The molecule has 1 nitrogen and oxygen atoms in total. The largest absolute Gasteiger partial charge is 0.299 e. The molecular weight excluding hydrogens is 170 g/mol. The third-order valence-corrected chi connectivity index (χ3v) is 3.59. The summed E-state index contributed by atoms with van der Waals surface area (Å²) in [6.45, 7) is 2.44. The summed E-state index contributed by atoms with van der Waals surface area (Å²) in [4.78, 5) is 2.62. The Hall–Kier alpha value is 0.250. The third kappa shape index (κ3) is 1.94. The lowest BCUT2D eigenvalue weighted by Crippen LogP contribution is -2.41. The van der Waals surface area contributed by atoms with Crippen LogP contribution in [-0.4, -0.2) is 29.4 Å². The van der Waals surface area contributed by atoms with Gasteiger partial charge in [0.05, 0.1) is 0 Å². The molecule has 0 radical (unpaired) electrons. The predicted molar refractivity (Wildman–Crippen MR) is 52.7 cm³/mol. The van der Waals surface area contributed by atoms with Crippen molar-refractivity contribution in [2.45, 2.75) is 49.9 Å². The second kappa shape index (κ2) is 3.97. The third-order valence-electron chi connectivity index (χ3n) is 3.24. The minimum atomic E-state index is 0.430. The molecule has 1 heterocycles. The van der Waals surface area contributed by atoms with Crippen LogP contribution in [0.15, 0.2) is 0 Å². The Bertz CT molecular complexity index is 143. The van der Waals surface area contributed by atoms with Crippen molar-refractivity contribution in [2.24, 2.45) is 0 Å². The van der Waals surface area contributed by atoms with E-state index in [1.54, 1.807) is 0 Å². The fraction of sp³-hybridized carbons (Fsp3) is 1.00. The molecule has 0 aromatic carbocycles. The van der Waals surface area contributed by atoms with Gasteiger partial charge < -0.3 is 0 Å². The fourth-order valence-electron chi connectivity index (χ4n) is 2.55. The highest BCUT2D eigenvalue weighted by atomic mass is 35.5. The summed E-state index contributed by atoms with van der Waals surface area (Å²) in [5.74, 6) is 0. The van der Waals surface area contributed by atoms with E-state index >= 15 is 0 Å². The quantitative estimate of drug-likeness (QED) is 0.571. The van der Waals surface area contributed by atoms with Crippen molar-refractivity contribution < 1.29 is 0 Å². The standard InChI is InChI=1S/C10H18ClN/c11-9-4-3-7-12(8-9)10-5-1-2-6-10/h9-10H,1-8H2. The highest BCUT2D eigenvalue weighted by Gasteiger charge is 2.26. The van der Waals surface area contributed by atoms with Gasteiger partial charge in [-0.1, -0.05) is 12.8 Å². The molecule has 2 fully saturated rings. The van der Waals surface area contributed by atoms with Crippen LogP contribution in [0.2, 0.25) is 0 Å². The van der Waals surface area contributed by atoms with Crippen molar-refractivity contribution in [1.29, 1.82) is 0 Å². The van der Waals surface area contributed by atoms with Gasteiger partial charge in [-0.15, -0.1) is 11.6 Å². The smallest absolute Gasteiger partial charge is 0.0463 e. The zero-order chi connectivity index (χ0) is 8.39. The molecule has 2 aliphatic rings. The maximum atomic E-state index is 6.15. The number of rotatable bonds is 1. The van der Waals surface area contributed by atoms with Gasteiger partial charge >= 0.3 is 0 Å². The topological polar surface area (TPSA) is 3.24 Å². The van der Waals surface area contributed by atoms with E-state index in [4.69, 9.17) is 11.6 Å². The fourth-order valence-corrected chi connectivity index (χ4v) is 2.89. The molecule has 0 aromatic rings. The molecule has 0 spiro atoms. The summed E-state index contributed by atoms with van der Waals surface area (Å²) >= 11 is 6.15. The highest BCUT2D eigenvalue weighted by molar-refractivity contribution is 6.20. The lowest BCUT2D eigenvalue weighted by Gasteiger charge is -2.34. The molecule has 1 aliphatic heterocycles. The van der Waals surface area contributed by atoms with Crippen LogP contribution < -0.4 is 0 Å². The molecule has 2 heteroatoms. The molecule has 1 aliphatic carbocycles.